The molecule has 0 unspecified atom stereocenters. The lowest BCUT2D eigenvalue weighted by Crippen LogP contribution is -2.38. The van der Waals surface area contributed by atoms with E-state index in [2.05, 4.69) is 16.4 Å². The first-order valence-electron chi connectivity index (χ1n) is 4.32. The van der Waals surface area contributed by atoms with Crippen LogP contribution in [0, 0.1) is 6.07 Å². The summed E-state index contributed by atoms with van der Waals surface area (Å²) >= 11 is 0. The van der Waals surface area contributed by atoms with Crippen LogP contribution in [0.2, 0.25) is 0 Å². The summed E-state index contributed by atoms with van der Waals surface area (Å²) < 4.78 is 0. The molecule has 0 bridgehead atoms. The minimum Gasteiger partial charge on any atom is -0.389 e. The van der Waals surface area contributed by atoms with Crippen molar-refractivity contribution in [1.82, 2.24) is 10.3 Å². The summed E-state index contributed by atoms with van der Waals surface area (Å²) in [6.45, 7) is 3.45. The lowest BCUT2D eigenvalue weighted by Gasteiger charge is -2.17. The van der Waals surface area contributed by atoms with Gasteiger partial charge in [-0.05, 0) is 19.9 Å². The van der Waals surface area contributed by atoms with Crippen LogP contribution in [0.3, 0.4) is 0 Å². The van der Waals surface area contributed by atoms with E-state index in [0.29, 0.717) is 5.69 Å². The average Bonchev–Trinajstić information content (AvgIpc) is 2.14. The highest BCUT2D eigenvalue weighted by molar-refractivity contribution is 5.92. The van der Waals surface area contributed by atoms with Crippen molar-refractivity contribution >= 4 is 5.91 Å². The summed E-state index contributed by atoms with van der Waals surface area (Å²) in [5, 5.41) is 11.9. The Morgan fingerprint density at radius 1 is 1.71 bits per heavy atom. The molecule has 2 N–H and O–H groups in total. The summed E-state index contributed by atoms with van der Waals surface area (Å²) in [6.07, 6.45) is 1.43. The quantitative estimate of drug-likeness (QED) is 0.729. The van der Waals surface area contributed by atoms with Crippen molar-refractivity contribution in [2.75, 3.05) is 6.54 Å². The molecule has 0 aliphatic carbocycles. The van der Waals surface area contributed by atoms with Crippen LogP contribution in [-0.2, 0) is 0 Å². The van der Waals surface area contributed by atoms with Gasteiger partial charge < -0.3 is 10.4 Å². The van der Waals surface area contributed by atoms with Crippen LogP contribution < -0.4 is 5.32 Å². The predicted octanol–water partition coefficient (Wildman–Crippen LogP) is 0.382. The number of pyridine rings is 1. The molecule has 4 nitrogen and oxygen atoms in total. The van der Waals surface area contributed by atoms with Crippen molar-refractivity contribution in [2.45, 2.75) is 19.4 Å². The zero-order valence-corrected chi connectivity index (χ0v) is 8.24. The Kier molecular flexibility index (Phi) is 3.19. The fraction of sp³-hybridized carbons (Fsp3) is 0.400. The number of aromatic nitrogens is 1. The van der Waals surface area contributed by atoms with E-state index >= 15 is 0 Å². The average molecular weight is 193 g/mol. The molecule has 14 heavy (non-hydrogen) atoms. The Bertz CT molecular complexity index is 304. The SMILES string of the molecule is CC(C)(O)CNC(=O)c1cc[c]cn1. The molecule has 0 spiro atoms. The maximum absolute atomic E-state index is 11.4. The Labute approximate surface area is 83.0 Å². The van der Waals surface area contributed by atoms with Gasteiger partial charge in [0.05, 0.1) is 5.60 Å². The topological polar surface area (TPSA) is 62.2 Å². The summed E-state index contributed by atoms with van der Waals surface area (Å²) in [6, 6.07) is 5.91. The monoisotopic (exact) mass is 193 g/mol. The predicted molar refractivity (Wildman–Crippen MR) is 51.7 cm³/mol. The lowest BCUT2D eigenvalue weighted by molar-refractivity contribution is 0.0692. The van der Waals surface area contributed by atoms with Gasteiger partial charge in [-0.2, -0.15) is 0 Å². The highest BCUT2D eigenvalue weighted by Gasteiger charge is 2.14. The Balaban J connectivity index is 2.52. The van der Waals surface area contributed by atoms with Crippen molar-refractivity contribution in [1.29, 1.82) is 0 Å². The molecule has 0 saturated heterocycles. The van der Waals surface area contributed by atoms with Crippen molar-refractivity contribution in [2.24, 2.45) is 0 Å². The van der Waals surface area contributed by atoms with E-state index in [9.17, 15) is 9.90 Å². The second-order valence-corrected chi connectivity index (χ2v) is 3.64. The molecule has 1 heterocycles. The van der Waals surface area contributed by atoms with E-state index in [4.69, 9.17) is 0 Å². The number of nitrogens with one attached hydrogen (secondary N) is 1. The van der Waals surface area contributed by atoms with Crippen LogP contribution in [0.15, 0.2) is 18.3 Å². The molecular formula is C10H13N2O2. The molecule has 0 aliphatic heterocycles. The van der Waals surface area contributed by atoms with Gasteiger partial charge in [-0.3, -0.25) is 9.78 Å². The van der Waals surface area contributed by atoms with E-state index < -0.39 is 5.60 Å². The van der Waals surface area contributed by atoms with E-state index in [1.807, 2.05) is 0 Å². The maximum Gasteiger partial charge on any atom is 0.269 e. The first kappa shape index (κ1) is 10.7. The number of carbonyl (C=O) groups is 1. The molecule has 1 aromatic heterocycles. The molecule has 0 aromatic carbocycles. The van der Waals surface area contributed by atoms with E-state index in [1.165, 1.54) is 6.20 Å². The largest absolute Gasteiger partial charge is 0.389 e. The van der Waals surface area contributed by atoms with Gasteiger partial charge in [-0.15, -0.1) is 0 Å². The summed E-state index contributed by atoms with van der Waals surface area (Å²) in [4.78, 5) is 15.2. The molecule has 0 saturated carbocycles. The fourth-order valence-corrected chi connectivity index (χ4v) is 0.841. The Morgan fingerprint density at radius 3 is 2.93 bits per heavy atom. The van der Waals surface area contributed by atoms with Crippen molar-refractivity contribution in [3.63, 3.8) is 0 Å². The molecule has 4 heteroatoms. The molecule has 1 rings (SSSR count). The minimum absolute atomic E-state index is 0.201. The van der Waals surface area contributed by atoms with Crippen LogP contribution in [0.25, 0.3) is 0 Å². The number of amides is 1. The number of rotatable bonds is 3. The van der Waals surface area contributed by atoms with Crippen LogP contribution in [0.1, 0.15) is 24.3 Å². The highest BCUT2D eigenvalue weighted by atomic mass is 16.3. The molecule has 0 fully saturated rings. The van der Waals surface area contributed by atoms with Gasteiger partial charge in [0.15, 0.2) is 0 Å². The molecule has 0 aliphatic rings. The first-order valence-corrected chi connectivity index (χ1v) is 4.32. The van der Waals surface area contributed by atoms with E-state index in [-0.39, 0.29) is 12.5 Å². The molecular weight excluding hydrogens is 180 g/mol. The third kappa shape index (κ3) is 3.53. The minimum atomic E-state index is -0.906. The second kappa shape index (κ2) is 4.19. The van der Waals surface area contributed by atoms with Crippen molar-refractivity contribution < 1.29 is 9.90 Å². The summed E-state index contributed by atoms with van der Waals surface area (Å²) in [5.41, 5.74) is -0.579. The smallest absolute Gasteiger partial charge is 0.269 e. The third-order valence-electron chi connectivity index (χ3n) is 1.53. The first-order chi connectivity index (χ1) is 6.49. The molecule has 75 valence electrons. The van der Waals surface area contributed by atoms with Gasteiger partial charge in [0.25, 0.3) is 5.91 Å². The number of hydrogen-bond donors (Lipinski definition) is 2. The van der Waals surface area contributed by atoms with Crippen LogP contribution in [0.5, 0.6) is 0 Å². The van der Waals surface area contributed by atoms with Gasteiger partial charge >= 0.3 is 0 Å². The number of hydrogen-bond acceptors (Lipinski definition) is 3. The zero-order valence-electron chi connectivity index (χ0n) is 8.24. The van der Waals surface area contributed by atoms with Gasteiger partial charge in [-0.25, -0.2) is 0 Å². The van der Waals surface area contributed by atoms with Crippen LogP contribution in [0.4, 0.5) is 0 Å². The van der Waals surface area contributed by atoms with Crippen LogP contribution >= 0.6 is 0 Å². The van der Waals surface area contributed by atoms with Gasteiger partial charge in [0.1, 0.15) is 5.69 Å². The maximum atomic E-state index is 11.4. The fourth-order valence-electron chi connectivity index (χ4n) is 0.841. The number of carbonyl (C=O) groups excluding carboxylic acids is 1. The molecule has 1 radical (unpaired) electrons. The van der Waals surface area contributed by atoms with E-state index in [0.717, 1.165) is 0 Å². The van der Waals surface area contributed by atoms with Gasteiger partial charge in [-0.1, -0.05) is 6.07 Å². The van der Waals surface area contributed by atoms with Crippen LogP contribution in [-0.4, -0.2) is 28.1 Å². The Morgan fingerprint density at radius 2 is 2.43 bits per heavy atom. The lowest BCUT2D eigenvalue weighted by atomic mass is 10.1. The third-order valence-corrected chi connectivity index (χ3v) is 1.53. The number of aliphatic hydroxyl groups is 1. The zero-order chi connectivity index (χ0) is 10.6. The van der Waals surface area contributed by atoms with Crippen molar-refractivity contribution in [3.8, 4) is 0 Å². The van der Waals surface area contributed by atoms with Crippen molar-refractivity contribution in [3.05, 3.63) is 30.1 Å². The molecule has 1 amide bonds. The molecule has 1 aromatic rings. The molecule has 0 atom stereocenters. The number of nitrogens with zero attached hydrogens (tertiary/aromatic N) is 1. The highest BCUT2D eigenvalue weighted by Crippen LogP contribution is 1.99. The van der Waals surface area contributed by atoms with Gasteiger partial charge in [0, 0.05) is 18.8 Å². The standard InChI is InChI=1S/C10H13N2O2/c1-10(2,14)7-12-9(13)8-5-3-4-6-11-8/h3,5-6,14H,7H2,1-2H3,(H,12,13). The van der Waals surface area contributed by atoms with Gasteiger partial charge in [0.2, 0.25) is 0 Å². The normalized spacial score (nSPS) is 11.1. The van der Waals surface area contributed by atoms with E-state index in [1.54, 1.807) is 26.0 Å². The Hall–Kier alpha value is -1.42. The summed E-state index contributed by atoms with van der Waals surface area (Å²) in [7, 11) is 0. The summed E-state index contributed by atoms with van der Waals surface area (Å²) in [5.74, 6) is -0.291. The second-order valence-electron chi connectivity index (χ2n) is 3.64.